The van der Waals surface area contributed by atoms with Gasteiger partial charge in [0.25, 0.3) is 0 Å². The number of anilines is 1. The van der Waals surface area contributed by atoms with Gasteiger partial charge < -0.3 is 5.32 Å². The Balaban J connectivity index is 1.49. The zero-order valence-corrected chi connectivity index (χ0v) is 15.0. The summed E-state index contributed by atoms with van der Waals surface area (Å²) in [7, 11) is 0. The molecule has 2 heterocycles. The molecular weight excluding hydrogens is 348 g/mol. The fourth-order valence-corrected chi connectivity index (χ4v) is 2.78. The molecule has 5 heteroatoms. The van der Waals surface area contributed by atoms with Crippen molar-refractivity contribution >= 4 is 17.6 Å². The minimum Gasteiger partial charge on any atom is -0.345 e. The summed E-state index contributed by atoms with van der Waals surface area (Å²) in [6.07, 6.45) is 6.34. The van der Waals surface area contributed by atoms with Crippen molar-refractivity contribution in [2.75, 3.05) is 5.32 Å². The van der Waals surface area contributed by atoms with E-state index in [1.165, 1.54) is 0 Å². The van der Waals surface area contributed by atoms with Gasteiger partial charge in [-0.2, -0.15) is 0 Å². The average molecular weight is 366 g/mol. The first-order valence-electron chi connectivity index (χ1n) is 8.85. The molecule has 5 nitrogen and oxygen atoms in total. The summed E-state index contributed by atoms with van der Waals surface area (Å²) < 4.78 is 0. The molecule has 2 N–H and O–H groups in total. The van der Waals surface area contributed by atoms with Crippen LogP contribution in [0, 0.1) is 11.8 Å². The molecule has 0 saturated carbocycles. The number of hydrogen-bond acceptors (Lipinski definition) is 5. The molecule has 1 unspecified atom stereocenters. The Morgan fingerprint density at radius 2 is 1.68 bits per heavy atom. The Morgan fingerprint density at radius 3 is 2.43 bits per heavy atom. The van der Waals surface area contributed by atoms with Crippen LogP contribution in [-0.4, -0.2) is 27.8 Å². The highest BCUT2D eigenvalue weighted by Crippen LogP contribution is 2.24. The van der Waals surface area contributed by atoms with E-state index in [9.17, 15) is 5.21 Å². The number of pyridine rings is 1. The third-order valence-electron chi connectivity index (χ3n) is 4.20. The molecule has 3 aromatic rings. The van der Waals surface area contributed by atoms with Crippen molar-refractivity contribution in [2.45, 2.75) is 6.29 Å². The molecule has 0 amide bonds. The quantitative estimate of drug-likeness (QED) is 0.688. The van der Waals surface area contributed by atoms with E-state index in [4.69, 9.17) is 0 Å². The van der Waals surface area contributed by atoms with Crippen LogP contribution >= 0.6 is 0 Å². The van der Waals surface area contributed by atoms with Crippen molar-refractivity contribution in [1.82, 2.24) is 10.0 Å². The number of aliphatic imine (C=N–C) groups is 1. The normalized spacial score (nSPS) is 15.4. The Morgan fingerprint density at radius 1 is 0.893 bits per heavy atom. The molecule has 4 rings (SSSR count). The van der Waals surface area contributed by atoms with Gasteiger partial charge in [-0.3, -0.25) is 10.2 Å². The van der Waals surface area contributed by atoms with Crippen LogP contribution in [0.25, 0.3) is 5.70 Å². The van der Waals surface area contributed by atoms with E-state index in [0.717, 1.165) is 27.4 Å². The number of benzene rings is 2. The molecular formula is C23H18N4O. The molecule has 1 aliphatic rings. The number of aromatic nitrogens is 1. The lowest BCUT2D eigenvalue weighted by molar-refractivity contribution is -0.0552. The molecule has 0 aliphatic carbocycles. The third-order valence-corrected chi connectivity index (χ3v) is 4.20. The molecule has 0 radical (unpaired) electrons. The van der Waals surface area contributed by atoms with Gasteiger partial charge in [-0.05, 0) is 42.5 Å². The van der Waals surface area contributed by atoms with Crippen molar-refractivity contribution in [2.24, 2.45) is 4.99 Å². The molecule has 2 aromatic carbocycles. The van der Waals surface area contributed by atoms with Gasteiger partial charge in [-0.15, -0.1) is 0 Å². The molecule has 28 heavy (non-hydrogen) atoms. The van der Waals surface area contributed by atoms with E-state index in [0.29, 0.717) is 5.70 Å². The smallest absolute Gasteiger partial charge is 0.219 e. The summed E-state index contributed by atoms with van der Waals surface area (Å²) in [6.45, 7) is 0. The highest BCUT2D eigenvalue weighted by Gasteiger charge is 2.21. The molecule has 0 fully saturated rings. The molecule has 136 valence electrons. The second kappa shape index (κ2) is 8.21. The topological polar surface area (TPSA) is 60.8 Å². The van der Waals surface area contributed by atoms with Crippen LogP contribution < -0.4 is 5.32 Å². The molecule has 0 saturated heterocycles. The minimum atomic E-state index is -0.590. The lowest BCUT2D eigenvalue weighted by Gasteiger charge is -2.30. The number of rotatable bonds is 3. The second-order valence-electron chi connectivity index (χ2n) is 6.15. The number of allylic oxidation sites excluding steroid dienone is 1. The van der Waals surface area contributed by atoms with E-state index in [1.807, 2.05) is 66.7 Å². The van der Waals surface area contributed by atoms with Crippen molar-refractivity contribution in [3.05, 3.63) is 102 Å². The maximum absolute atomic E-state index is 10.6. The van der Waals surface area contributed by atoms with Crippen LogP contribution in [0.15, 0.2) is 90.2 Å². The summed E-state index contributed by atoms with van der Waals surface area (Å²) in [5.41, 5.74) is 4.18. The minimum absolute atomic E-state index is 0.590. The van der Waals surface area contributed by atoms with Crippen molar-refractivity contribution in [3.63, 3.8) is 0 Å². The third kappa shape index (κ3) is 4.09. The van der Waals surface area contributed by atoms with Crippen molar-refractivity contribution in [1.29, 1.82) is 0 Å². The van der Waals surface area contributed by atoms with E-state index < -0.39 is 6.29 Å². The average Bonchev–Trinajstić information content (AvgIpc) is 2.76. The van der Waals surface area contributed by atoms with Gasteiger partial charge in [0.05, 0.1) is 5.70 Å². The number of hydroxylamine groups is 2. The highest BCUT2D eigenvalue weighted by atomic mass is 16.5. The van der Waals surface area contributed by atoms with Gasteiger partial charge in [0.1, 0.15) is 0 Å². The molecule has 1 atom stereocenters. The Hall–Kier alpha value is -3.88. The SMILES string of the molecule is ON1C(c2ccc(C#Cc3cccnc3)cc2)=CC=NC1Nc1ccccc1. The van der Waals surface area contributed by atoms with Crippen LogP contribution in [0.4, 0.5) is 5.69 Å². The van der Waals surface area contributed by atoms with Crippen LogP contribution in [-0.2, 0) is 0 Å². The van der Waals surface area contributed by atoms with Crippen LogP contribution in [0.3, 0.4) is 0 Å². The van der Waals surface area contributed by atoms with E-state index >= 15 is 0 Å². The summed E-state index contributed by atoms with van der Waals surface area (Å²) >= 11 is 0. The predicted molar refractivity (Wildman–Crippen MR) is 111 cm³/mol. The van der Waals surface area contributed by atoms with Crippen LogP contribution in [0.1, 0.15) is 16.7 Å². The second-order valence-corrected chi connectivity index (χ2v) is 6.15. The first-order valence-corrected chi connectivity index (χ1v) is 8.85. The summed E-state index contributed by atoms with van der Waals surface area (Å²) in [4.78, 5) is 8.35. The maximum Gasteiger partial charge on any atom is 0.219 e. The standard InChI is InChI=1S/C23H18N4O/c28-27-22(14-16-25-23(27)26-21-6-2-1-3-7-21)20-12-10-18(11-13-20)8-9-19-5-4-15-24-17-19/h1-7,10-17,23,26,28H. The molecule has 1 aliphatic heterocycles. The number of hydrogen-bond donors (Lipinski definition) is 2. The monoisotopic (exact) mass is 366 g/mol. The number of para-hydroxylation sites is 1. The number of nitrogens with one attached hydrogen (secondary N) is 1. The van der Waals surface area contributed by atoms with Gasteiger partial charge in [0, 0.05) is 41.0 Å². The van der Waals surface area contributed by atoms with Crippen LogP contribution in [0.5, 0.6) is 0 Å². The first kappa shape index (κ1) is 17.5. The molecule has 0 spiro atoms. The van der Waals surface area contributed by atoms with Gasteiger partial charge in [0.15, 0.2) is 0 Å². The maximum atomic E-state index is 10.6. The number of nitrogens with zero attached hydrogens (tertiary/aromatic N) is 3. The Labute approximate surface area is 163 Å². The Kier molecular flexibility index (Phi) is 5.14. The fourth-order valence-electron chi connectivity index (χ4n) is 2.78. The van der Waals surface area contributed by atoms with Gasteiger partial charge >= 0.3 is 0 Å². The first-order chi connectivity index (χ1) is 13.8. The fraction of sp³-hybridized carbons (Fsp3) is 0.0435. The highest BCUT2D eigenvalue weighted by molar-refractivity contribution is 5.85. The predicted octanol–water partition coefficient (Wildman–Crippen LogP) is 3.99. The molecule has 0 bridgehead atoms. The zero-order chi connectivity index (χ0) is 19.2. The van der Waals surface area contributed by atoms with E-state index in [-0.39, 0.29) is 0 Å². The largest absolute Gasteiger partial charge is 0.345 e. The lowest BCUT2D eigenvalue weighted by Crippen LogP contribution is -2.37. The van der Waals surface area contributed by atoms with Crippen molar-refractivity contribution < 1.29 is 5.21 Å². The van der Waals surface area contributed by atoms with Crippen molar-refractivity contribution in [3.8, 4) is 11.8 Å². The summed E-state index contributed by atoms with van der Waals surface area (Å²) in [6, 6.07) is 21.2. The van der Waals surface area contributed by atoms with Gasteiger partial charge in [0.2, 0.25) is 6.29 Å². The summed E-state index contributed by atoms with van der Waals surface area (Å²) in [5.74, 6) is 6.20. The molecule has 1 aromatic heterocycles. The van der Waals surface area contributed by atoms with E-state index in [1.54, 1.807) is 24.7 Å². The Bertz CT molecular complexity index is 1050. The van der Waals surface area contributed by atoms with Gasteiger partial charge in [-0.1, -0.05) is 42.2 Å². The zero-order valence-electron chi connectivity index (χ0n) is 15.0. The van der Waals surface area contributed by atoms with Gasteiger partial charge in [-0.25, -0.2) is 10.1 Å². The lowest BCUT2D eigenvalue weighted by atomic mass is 10.1. The summed E-state index contributed by atoms with van der Waals surface area (Å²) in [5, 5.41) is 14.9. The van der Waals surface area contributed by atoms with Crippen LogP contribution in [0.2, 0.25) is 0 Å². The van der Waals surface area contributed by atoms with E-state index in [2.05, 4.69) is 27.1 Å².